The number of hydrogen-bond donors (Lipinski definition) is 2. The predicted molar refractivity (Wildman–Crippen MR) is 53.9 cm³/mol. The molecule has 1 aromatic heterocycles. The highest BCUT2D eigenvalue weighted by Gasteiger charge is 2.19. The Morgan fingerprint density at radius 2 is 2.57 bits per heavy atom. The first-order valence-electron chi connectivity index (χ1n) is 3.97. The molecule has 0 amide bonds. The van der Waals surface area contributed by atoms with E-state index in [0.29, 0.717) is 5.69 Å². The fourth-order valence-electron chi connectivity index (χ4n) is 1.02. The van der Waals surface area contributed by atoms with Gasteiger partial charge in [-0.05, 0) is 6.42 Å². The van der Waals surface area contributed by atoms with Crippen molar-refractivity contribution in [2.45, 2.75) is 18.4 Å². The van der Waals surface area contributed by atoms with Crippen LogP contribution < -0.4 is 5.73 Å². The zero-order valence-corrected chi connectivity index (χ0v) is 8.20. The summed E-state index contributed by atoms with van der Waals surface area (Å²) in [4.78, 5) is 14.5. The van der Waals surface area contributed by atoms with E-state index in [2.05, 4.69) is 10.9 Å². The lowest BCUT2D eigenvalue weighted by Gasteiger charge is -2.10. The molecule has 0 aromatic carbocycles. The smallest absolute Gasteiger partial charge is 0.320 e. The van der Waals surface area contributed by atoms with Gasteiger partial charge in [-0.3, -0.25) is 4.79 Å². The third-order valence-electron chi connectivity index (χ3n) is 1.82. The molecule has 0 spiro atoms. The molecule has 14 heavy (non-hydrogen) atoms. The minimum atomic E-state index is -1.04. The van der Waals surface area contributed by atoms with Gasteiger partial charge in [0.2, 0.25) is 0 Å². The number of hydrogen-bond acceptors (Lipinski definition) is 4. The highest BCUT2D eigenvalue weighted by molar-refractivity contribution is 7.07. The van der Waals surface area contributed by atoms with Crippen molar-refractivity contribution in [3.8, 4) is 12.3 Å². The number of carbonyl (C=O) groups is 1. The molecule has 5 heteroatoms. The first-order chi connectivity index (χ1) is 6.65. The molecule has 0 bridgehead atoms. The van der Waals surface area contributed by atoms with Gasteiger partial charge in [-0.25, -0.2) is 4.98 Å². The van der Waals surface area contributed by atoms with Gasteiger partial charge >= 0.3 is 5.97 Å². The number of rotatable bonds is 4. The zero-order valence-electron chi connectivity index (χ0n) is 7.38. The van der Waals surface area contributed by atoms with Gasteiger partial charge in [0.25, 0.3) is 0 Å². The number of carboxylic acid groups (broad SMARTS) is 1. The van der Waals surface area contributed by atoms with Crippen LogP contribution in [0.25, 0.3) is 0 Å². The molecule has 0 saturated carbocycles. The van der Waals surface area contributed by atoms with Gasteiger partial charge in [0, 0.05) is 5.38 Å². The van der Waals surface area contributed by atoms with Crippen LogP contribution in [-0.4, -0.2) is 22.1 Å². The Hall–Kier alpha value is -1.38. The van der Waals surface area contributed by atoms with Crippen LogP contribution >= 0.6 is 11.3 Å². The van der Waals surface area contributed by atoms with Crippen LogP contribution in [0, 0.1) is 12.3 Å². The van der Waals surface area contributed by atoms with Crippen LogP contribution in [0.3, 0.4) is 0 Å². The van der Waals surface area contributed by atoms with E-state index in [0.717, 1.165) is 0 Å². The number of aromatic nitrogens is 1. The van der Waals surface area contributed by atoms with Gasteiger partial charge in [0.1, 0.15) is 6.04 Å². The zero-order chi connectivity index (χ0) is 10.6. The van der Waals surface area contributed by atoms with E-state index in [9.17, 15) is 4.79 Å². The monoisotopic (exact) mass is 210 g/mol. The summed E-state index contributed by atoms with van der Waals surface area (Å²) >= 11 is 1.42. The van der Waals surface area contributed by atoms with Crippen LogP contribution in [0.15, 0.2) is 10.9 Å². The van der Waals surface area contributed by atoms with E-state index in [-0.39, 0.29) is 12.3 Å². The second kappa shape index (κ2) is 4.74. The quantitative estimate of drug-likeness (QED) is 0.716. The summed E-state index contributed by atoms with van der Waals surface area (Å²) in [6.45, 7) is 0. The number of nitrogens with two attached hydrogens (primary N) is 1. The summed E-state index contributed by atoms with van der Waals surface area (Å²) in [6.07, 6.45) is 5.50. The number of nitrogens with zero attached hydrogens (tertiary/aromatic N) is 1. The summed E-state index contributed by atoms with van der Waals surface area (Å²) in [5, 5.41) is 10.4. The number of aliphatic carboxylic acids is 1. The van der Waals surface area contributed by atoms with Crippen molar-refractivity contribution in [2.75, 3.05) is 0 Å². The number of carboxylic acids is 1. The first kappa shape index (κ1) is 10.7. The predicted octanol–water partition coefficient (Wildman–Crippen LogP) is 0.662. The van der Waals surface area contributed by atoms with Gasteiger partial charge in [0.15, 0.2) is 0 Å². The Labute approximate surface area is 85.8 Å². The van der Waals surface area contributed by atoms with Crippen LogP contribution in [-0.2, 0) is 4.79 Å². The molecular formula is C9H10N2O2S. The van der Waals surface area contributed by atoms with E-state index < -0.39 is 12.0 Å². The Balaban J connectivity index is 2.66. The second-order valence-electron chi connectivity index (χ2n) is 2.81. The van der Waals surface area contributed by atoms with Gasteiger partial charge in [0.05, 0.1) is 17.1 Å². The van der Waals surface area contributed by atoms with Crippen LogP contribution in [0.2, 0.25) is 0 Å². The van der Waals surface area contributed by atoms with Crippen molar-refractivity contribution < 1.29 is 9.90 Å². The molecule has 0 radical (unpaired) electrons. The highest BCUT2D eigenvalue weighted by atomic mass is 32.1. The van der Waals surface area contributed by atoms with E-state index in [1.807, 2.05) is 0 Å². The molecule has 74 valence electrons. The molecule has 0 aliphatic heterocycles. The van der Waals surface area contributed by atoms with Gasteiger partial charge in [-0.2, -0.15) is 0 Å². The summed E-state index contributed by atoms with van der Waals surface area (Å²) in [6, 6.07) is -0.933. The molecule has 0 aliphatic carbocycles. The number of terminal acetylenes is 1. The number of thiazole rings is 1. The molecule has 1 heterocycles. The summed E-state index contributed by atoms with van der Waals surface area (Å²) in [5.41, 5.74) is 7.76. The van der Waals surface area contributed by atoms with Gasteiger partial charge in [-0.15, -0.1) is 17.8 Å². The molecular weight excluding hydrogens is 200 g/mol. The van der Waals surface area contributed by atoms with Crippen molar-refractivity contribution in [3.05, 3.63) is 16.6 Å². The van der Waals surface area contributed by atoms with E-state index in [4.69, 9.17) is 17.3 Å². The lowest BCUT2D eigenvalue weighted by atomic mass is 9.99. The second-order valence-corrected chi connectivity index (χ2v) is 3.53. The molecule has 1 aromatic rings. The molecule has 0 saturated heterocycles. The van der Waals surface area contributed by atoms with E-state index >= 15 is 0 Å². The standard InChI is InChI=1S/C9H10N2O2S/c1-2-6(3-7(10)9(12)13)8-4-14-5-11-8/h1,4-7H,3,10H2,(H,12,13)/t6-,7+/m0/s1. The average molecular weight is 210 g/mol. The summed E-state index contributed by atoms with van der Waals surface area (Å²) in [7, 11) is 0. The normalized spacial score (nSPS) is 14.3. The molecule has 0 aliphatic rings. The minimum Gasteiger partial charge on any atom is -0.480 e. The maximum atomic E-state index is 10.5. The maximum Gasteiger partial charge on any atom is 0.320 e. The fourth-order valence-corrected chi connectivity index (χ4v) is 1.63. The summed E-state index contributed by atoms with van der Waals surface area (Å²) < 4.78 is 0. The van der Waals surface area contributed by atoms with Gasteiger partial charge in [-0.1, -0.05) is 5.92 Å². The van der Waals surface area contributed by atoms with Crippen LogP contribution in [0.4, 0.5) is 0 Å². The molecule has 0 unspecified atom stereocenters. The minimum absolute atomic E-state index is 0.218. The van der Waals surface area contributed by atoms with E-state index in [1.54, 1.807) is 10.9 Å². The molecule has 0 fully saturated rings. The molecule has 3 N–H and O–H groups in total. The third-order valence-corrected chi connectivity index (χ3v) is 2.42. The van der Waals surface area contributed by atoms with Crippen molar-refractivity contribution in [1.29, 1.82) is 0 Å². The molecule has 2 atom stereocenters. The van der Waals surface area contributed by atoms with Crippen molar-refractivity contribution in [1.82, 2.24) is 4.98 Å². The van der Waals surface area contributed by atoms with Crippen molar-refractivity contribution in [3.63, 3.8) is 0 Å². The largest absolute Gasteiger partial charge is 0.480 e. The Morgan fingerprint density at radius 1 is 1.86 bits per heavy atom. The first-order valence-corrected chi connectivity index (χ1v) is 4.92. The van der Waals surface area contributed by atoms with Gasteiger partial charge < -0.3 is 10.8 Å². The maximum absolute atomic E-state index is 10.5. The molecule has 4 nitrogen and oxygen atoms in total. The SMILES string of the molecule is C#C[C@@H](C[C@@H](N)C(=O)O)c1cscn1. The van der Waals surface area contributed by atoms with Crippen LogP contribution in [0.5, 0.6) is 0 Å². The Bertz CT molecular complexity index is 342. The van der Waals surface area contributed by atoms with Crippen molar-refractivity contribution >= 4 is 17.3 Å². The average Bonchev–Trinajstić information content (AvgIpc) is 2.66. The van der Waals surface area contributed by atoms with Crippen LogP contribution in [0.1, 0.15) is 18.0 Å². The lowest BCUT2D eigenvalue weighted by Crippen LogP contribution is -2.31. The summed E-state index contributed by atoms with van der Waals surface area (Å²) in [5.74, 6) is 1.14. The highest BCUT2D eigenvalue weighted by Crippen LogP contribution is 2.19. The Kier molecular flexibility index (Phi) is 3.63. The lowest BCUT2D eigenvalue weighted by molar-refractivity contribution is -0.138. The van der Waals surface area contributed by atoms with Crippen molar-refractivity contribution in [2.24, 2.45) is 5.73 Å². The van der Waals surface area contributed by atoms with E-state index in [1.165, 1.54) is 11.3 Å². The third kappa shape index (κ3) is 2.55. The Morgan fingerprint density at radius 3 is 3.00 bits per heavy atom. The fraction of sp³-hybridized carbons (Fsp3) is 0.333. The molecule has 1 rings (SSSR count). The topological polar surface area (TPSA) is 76.2 Å².